The molecule has 162 valence electrons. The van der Waals surface area contributed by atoms with Gasteiger partial charge in [-0.25, -0.2) is 12.8 Å². The van der Waals surface area contributed by atoms with Crippen molar-refractivity contribution >= 4 is 39.1 Å². The predicted octanol–water partition coefficient (Wildman–Crippen LogP) is 4.39. The van der Waals surface area contributed by atoms with Gasteiger partial charge in [-0.05, 0) is 66.9 Å². The van der Waals surface area contributed by atoms with Crippen LogP contribution in [0.5, 0.6) is 5.75 Å². The maximum atomic E-state index is 13.3. The number of ether oxygens (including phenoxy) is 1. The van der Waals surface area contributed by atoms with E-state index in [1.54, 1.807) is 36.4 Å². The molecule has 0 spiro atoms. The Labute approximate surface area is 185 Å². The van der Waals surface area contributed by atoms with Crippen molar-refractivity contribution in [3.05, 3.63) is 78.6 Å². The van der Waals surface area contributed by atoms with Gasteiger partial charge >= 0.3 is 0 Å². The zero-order valence-corrected chi connectivity index (χ0v) is 18.5. The number of halogens is 1. The van der Waals surface area contributed by atoms with E-state index in [2.05, 4.69) is 5.32 Å². The second-order valence-electron chi connectivity index (χ2n) is 6.41. The highest BCUT2D eigenvalue weighted by Crippen LogP contribution is 2.27. The zero-order chi connectivity index (χ0) is 22.4. The van der Waals surface area contributed by atoms with Crippen LogP contribution in [0, 0.1) is 5.82 Å². The second-order valence-corrected chi connectivity index (χ2v) is 9.12. The zero-order valence-electron chi connectivity index (χ0n) is 16.9. The summed E-state index contributed by atoms with van der Waals surface area (Å²) < 4.78 is 46.0. The highest BCUT2D eigenvalue weighted by molar-refractivity contribution is 7.98. The predicted molar refractivity (Wildman–Crippen MR) is 121 cm³/mol. The molecule has 0 aliphatic rings. The van der Waals surface area contributed by atoms with E-state index in [1.807, 2.05) is 18.4 Å². The molecule has 0 saturated heterocycles. The number of benzene rings is 3. The summed E-state index contributed by atoms with van der Waals surface area (Å²) in [6.07, 6.45) is 1.88. The van der Waals surface area contributed by atoms with Gasteiger partial charge in [-0.1, -0.05) is 12.1 Å². The van der Waals surface area contributed by atoms with Crippen LogP contribution in [-0.2, 0) is 14.8 Å². The van der Waals surface area contributed by atoms with Gasteiger partial charge < -0.3 is 10.1 Å². The fraction of sp³-hybridized carbons (Fsp3) is 0.136. The third-order valence-corrected chi connectivity index (χ3v) is 7.01. The van der Waals surface area contributed by atoms with E-state index in [4.69, 9.17) is 4.74 Å². The van der Waals surface area contributed by atoms with Crippen molar-refractivity contribution in [1.29, 1.82) is 0 Å². The quantitative estimate of drug-likeness (QED) is 0.505. The lowest BCUT2D eigenvalue weighted by atomic mass is 10.3. The van der Waals surface area contributed by atoms with E-state index < -0.39 is 28.3 Å². The number of methoxy groups -OCH3 is 1. The molecule has 0 heterocycles. The lowest BCUT2D eigenvalue weighted by Gasteiger charge is -2.24. The largest absolute Gasteiger partial charge is 0.497 e. The maximum Gasteiger partial charge on any atom is 0.264 e. The van der Waals surface area contributed by atoms with Crippen molar-refractivity contribution in [2.75, 3.05) is 29.5 Å². The lowest BCUT2D eigenvalue weighted by molar-refractivity contribution is -0.114. The summed E-state index contributed by atoms with van der Waals surface area (Å²) in [6.45, 7) is -0.464. The Morgan fingerprint density at radius 2 is 1.68 bits per heavy atom. The number of hydrogen-bond acceptors (Lipinski definition) is 5. The van der Waals surface area contributed by atoms with Crippen LogP contribution >= 0.6 is 11.8 Å². The Balaban J connectivity index is 1.95. The van der Waals surface area contributed by atoms with E-state index >= 15 is 0 Å². The number of rotatable bonds is 8. The van der Waals surface area contributed by atoms with Gasteiger partial charge in [-0.2, -0.15) is 0 Å². The molecule has 0 unspecified atom stereocenters. The Kier molecular flexibility index (Phi) is 7.19. The Morgan fingerprint density at radius 3 is 2.29 bits per heavy atom. The molecule has 0 aromatic heterocycles. The molecule has 3 aromatic carbocycles. The lowest BCUT2D eigenvalue weighted by Crippen LogP contribution is -2.38. The minimum Gasteiger partial charge on any atom is -0.497 e. The number of anilines is 2. The van der Waals surface area contributed by atoms with Crippen LogP contribution in [0.3, 0.4) is 0 Å². The number of nitrogens with one attached hydrogen (secondary N) is 1. The number of nitrogens with zero attached hydrogens (tertiary/aromatic N) is 1. The number of amides is 1. The van der Waals surface area contributed by atoms with Gasteiger partial charge in [0.15, 0.2) is 0 Å². The number of carbonyl (C=O) groups is 1. The molecule has 31 heavy (non-hydrogen) atoms. The Bertz CT molecular complexity index is 1150. The summed E-state index contributed by atoms with van der Waals surface area (Å²) in [7, 11) is -2.64. The molecule has 9 heteroatoms. The molecule has 0 aliphatic heterocycles. The van der Waals surface area contributed by atoms with Crippen LogP contribution in [0.4, 0.5) is 15.8 Å². The molecule has 0 bridgehead atoms. The van der Waals surface area contributed by atoms with Gasteiger partial charge in [0.2, 0.25) is 5.91 Å². The highest BCUT2D eigenvalue weighted by atomic mass is 32.2. The summed E-state index contributed by atoms with van der Waals surface area (Å²) in [4.78, 5) is 13.5. The average molecular weight is 461 g/mol. The number of hydrogen-bond donors (Lipinski definition) is 1. The summed E-state index contributed by atoms with van der Waals surface area (Å²) in [6, 6.07) is 18.0. The first kappa shape index (κ1) is 22.6. The minimum absolute atomic E-state index is 0.123. The highest BCUT2D eigenvalue weighted by Gasteiger charge is 2.27. The van der Waals surface area contributed by atoms with E-state index in [1.165, 1.54) is 31.0 Å². The van der Waals surface area contributed by atoms with Crippen LogP contribution < -0.4 is 14.4 Å². The van der Waals surface area contributed by atoms with E-state index in [0.717, 1.165) is 21.3 Å². The third-order valence-electron chi connectivity index (χ3n) is 4.43. The monoisotopic (exact) mass is 460 g/mol. The van der Waals surface area contributed by atoms with Crippen molar-refractivity contribution in [3.63, 3.8) is 0 Å². The van der Waals surface area contributed by atoms with E-state index in [9.17, 15) is 17.6 Å². The van der Waals surface area contributed by atoms with Gasteiger partial charge in [-0.3, -0.25) is 9.10 Å². The molecule has 1 N–H and O–H groups in total. The van der Waals surface area contributed by atoms with Crippen molar-refractivity contribution in [2.45, 2.75) is 9.79 Å². The van der Waals surface area contributed by atoms with Crippen LogP contribution in [0.1, 0.15) is 0 Å². The normalized spacial score (nSPS) is 11.1. The molecule has 0 atom stereocenters. The maximum absolute atomic E-state index is 13.3. The van der Waals surface area contributed by atoms with Crippen LogP contribution in [-0.4, -0.2) is 34.2 Å². The molecule has 3 rings (SSSR count). The van der Waals surface area contributed by atoms with Crippen molar-refractivity contribution in [1.82, 2.24) is 0 Å². The summed E-state index contributed by atoms with van der Waals surface area (Å²) in [5.41, 5.74) is 0.868. The van der Waals surface area contributed by atoms with Crippen LogP contribution in [0.25, 0.3) is 0 Å². The van der Waals surface area contributed by atoms with Crippen LogP contribution in [0.15, 0.2) is 82.6 Å². The smallest absolute Gasteiger partial charge is 0.264 e. The molecule has 1 amide bonds. The topological polar surface area (TPSA) is 75.7 Å². The fourth-order valence-corrected chi connectivity index (χ4v) is 4.84. The molecule has 0 aliphatic carbocycles. The van der Waals surface area contributed by atoms with E-state index in [-0.39, 0.29) is 10.6 Å². The first-order chi connectivity index (χ1) is 14.8. The summed E-state index contributed by atoms with van der Waals surface area (Å²) >= 11 is 1.46. The first-order valence-electron chi connectivity index (χ1n) is 9.20. The standard InChI is InChI=1S/C22H21FN2O4S2/c1-29-18-11-9-17(10-12-18)25(31(27,28)19-13-7-16(23)8-14-19)15-22(26)24-20-5-3-4-6-21(20)30-2/h3-14H,15H2,1-2H3,(H,24,26). The van der Waals surface area contributed by atoms with Gasteiger partial charge in [0.05, 0.1) is 23.4 Å². The molecule has 0 fully saturated rings. The number of thioether (sulfide) groups is 1. The summed E-state index contributed by atoms with van der Waals surface area (Å²) in [5.74, 6) is -0.523. The number of sulfonamides is 1. The van der Waals surface area contributed by atoms with Gasteiger partial charge in [0.1, 0.15) is 18.1 Å². The SMILES string of the molecule is COc1ccc(N(CC(=O)Nc2ccccc2SC)S(=O)(=O)c2ccc(F)cc2)cc1. The second kappa shape index (κ2) is 9.84. The molecule has 6 nitrogen and oxygen atoms in total. The number of para-hydroxylation sites is 1. The Hall–Kier alpha value is -3.04. The molecular formula is C22H21FN2O4S2. The molecule has 0 saturated carbocycles. The van der Waals surface area contributed by atoms with Gasteiger partial charge in [-0.15, -0.1) is 11.8 Å². The minimum atomic E-state index is -4.13. The van der Waals surface area contributed by atoms with Crippen molar-refractivity contribution in [3.8, 4) is 5.75 Å². The fourth-order valence-electron chi connectivity index (χ4n) is 2.87. The van der Waals surface area contributed by atoms with Gasteiger partial charge in [0.25, 0.3) is 10.0 Å². The average Bonchev–Trinajstić information content (AvgIpc) is 2.78. The van der Waals surface area contributed by atoms with Gasteiger partial charge in [0, 0.05) is 4.90 Å². The summed E-state index contributed by atoms with van der Waals surface area (Å²) in [5, 5.41) is 2.77. The Morgan fingerprint density at radius 1 is 1.03 bits per heavy atom. The molecule has 0 radical (unpaired) electrons. The third kappa shape index (κ3) is 5.36. The van der Waals surface area contributed by atoms with E-state index in [0.29, 0.717) is 11.4 Å². The molecule has 3 aromatic rings. The van der Waals surface area contributed by atoms with Crippen molar-refractivity contribution < 1.29 is 22.3 Å². The van der Waals surface area contributed by atoms with Crippen molar-refractivity contribution in [2.24, 2.45) is 0 Å². The molecular weight excluding hydrogens is 439 g/mol. The first-order valence-corrected chi connectivity index (χ1v) is 11.9. The van der Waals surface area contributed by atoms with Crippen LogP contribution in [0.2, 0.25) is 0 Å². The number of carbonyl (C=O) groups excluding carboxylic acids is 1.